The Bertz CT molecular complexity index is 843. The number of ether oxygens (including phenoxy) is 1. The monoisotopic (exact) mass is 286 g/mol. The molecule has 0 fully saturated rings. The van der Waals surface area contributed by atoms with E-state index in [0.717, 1.165) is 0 Å². The van der Waals surface area contributed by atoms with Gasteiger partial charge in [0.05, 0.1) is 4.92 Å². The lowest BCUT2D eigenvalue weighted by atomic mass is 10.2. The molecule has 0 bridgehead atoms. The summed E-state index contributed by atoms with van der Waals surface area (Å²) >= 11 is 0. The van der Waals surface area contributed by atoms with E-state index in [4.69, 9.17) is 4.74 Å². The fourth-order valence-corrected chi connectivity index (χ4v) is 1.91. The number of pyridine rings is 1. The van der Waals surface area contributed by atoms with Crippen LogP contribution in [0.25, 0.3) is 5.65 Å². The molecule has 0 aliphatic rings. The first-order chi connectivity index (χ1) is 10.0. The van der Waals surface area contributed by atoms with Crippen LogP contribution in [0.3, 0.4) is 0 Å². The van der Waals surface area contributed by atoms with Crippen LogP contribution in [0, 0.1) is 17.0 Å². The first-order valence-corrected chi connectivity index (χ1v) is 6.00. The highest BCUT2D eigenvalue weighted by Gasteiger charge is 2.17. The molecule has 0 radical (unpaired) electrons. The number of hydrogen-bond acceptors (Lipinski definition) is 6. The fourth-order valence-electron chi connectivity index (χ4n) is 1.91. The van der Waals surface area contributed by atoms with E-state index < -0.39 is 10.7 Å². The zero-order valence-corrected chi connectivity index (χ0v) is 10.9. The molecular weight excluding hydrogens is 276 g/mol. The van der Waals surface area contributed by atoms with Crippen molar-refractivity contribution in [3.8, 4) is 17.2 Å². The zero-order valence-electron chi connectivity index (χ0n) is 10.9. The van der Waals surface area contributed by atoms with Gasteiger partial charge in [0.25, 0.3) is 0 Å². The molecule has 0 amide bonds. The van der Waals surface area contributed by atoms with Gasteiger partial charge in [-0.15, -0.1) is 0 Å². The number of aromatic nitrogens is 3. The highest BCUT2D eigenvalue weighted by Crippen LogP contribution is 2.35. The van der Waals surface area contributed by atoms with Crippen molar-refractivity contribution >= 4 is 11.3 Å². The average Bonchev–Trinajstić information content (AvgIpc) is 2.89. The van der Waals surface area contributed by atoms with E-state index >= 15 is 0 Å². The second-order valence-electron chi connectivity index (χ2n) is 4.39. The SMILES string of the molecule is Cc1cc([N+](=O)[O-])c(O)cc1Oc1ccn2ncnc2c1. The van der Waals surface area contributed by atoms with Gasteiger partial charge in [-0.25, -0.2) is 9.50 Å². The highest BCUT2D eigenvalue weighted by molar-refractivity contribution is 5.55. The van der Waals surface area contributed by atoms with Gasteiger partial charge in [-0.05, 0) is 18.6 Å². The van der Waals surface area contributed by atoms with Crippen molar-refractivity contribution in [1.82, 2.24) is 14.6 Å². The number of phenols is 1. The summed E-state index contributed by atoms with van der Waals surface area (Å²) < 4.78 is 7.21. The molecule has 3 aromatic rings. The van der Waals surface area contributed by atoms with Crippen molar-refractivity contribution in [2.45, 2.75) is 6.92 Å². The molecule has 106 valence electrons. The van der Waals surface area contributed by atoms with Gasteiger partial charge in [0.1, 0.15) is 17.8 Å². The lowest BCUT2D eigenvalue weighted by Crippen LogP contribution is -1.94. The average molecular weight is 286 g/mol. The molecule has 21 heavy (non-hydrogen) atoms. The Hall–Kier alpha value is -3.16. The molecule has 8 nitrogen and oxygen atoms in total. The normalized spacial score (nSPS) is 10.7. The summed E-state index contributed by atoms with van der Waals surface area (Å²) in [5.41, 5.74) is 0.796. The van der Waals surface area contributed by atoms with Gasteiger partial charge in [-0.3, -0.25) is 10.1 Å². The Labute approximate surface area is 118 Å². The van der Waals surface area contributed by atoms with E-state index in [9.17, 15) is 15.2 Å². The third kappa shape index (κ3) is 2.34. The maximum Gasteiger partial charge on any atom is 0.311 e. The minimum atomic E-state index is -0.644. The zero-order chi connectivity index (χ0) is 15.0. The standard InChI is InChI=1S/C13H10N4O4/c1-8-4-10(17(19)20)11(18)6-12(8)21-9-2-3-16-13(5-9)14-7-15-16/h2-7,18H,1H3. The number of phenolic OH excluding ortho intramolecular Hbond substituents is 1. The van der Waals surface area contributed by atoms with Crippen LogP contribution in [-0.2, 0) is 0 Å². The van der Waals surface area contributed by atoms with E-state index in [1.165, 1.54) is 18.5 Å². The Balaban J connectivity index is 1.97. The van der Waals surface area contributed by atoms with Crippen LogP contribution >= 0.6 is 0 Å². The number of nitro groups is 1. The summed E-state index contributed by atoms with van der Waals surface area (Å²) in [5, 5.41) is 24.4. The maximum atomic E-state index is 10.7. The summed E-state index contributed by atoms with van der Waals surface area (Å²) in [6.07, 6.45) is 3.10. The van der Waals surface area contributed by atoms with E-state index in [2.05, 4.69) is 10.1 Å². The Morgan fingerprint density at radius 2 is 2.19 bits per heavy atom. The summed E-state index contributed by atoms with van der Waals surface area (Å²) in [7, 11) is 0. The molecule has 0 spiro atoms. The van der Waals surface area contributed by atoms with Crippen LogP contribution in [-0.4, -0.2) is 24.6 Å². The molecule has 0 saturated carbocycles. The minimum absolute atomic E-state index is 0.335. The van der Waals surface area contributed by atoms with Crippen molar-refractivity contribution in [1.29, 1.82) is 0 Å². The first-order valence-electron chi connectivity index (χ1n) is 6.00. The van der Waals surface area contributed by atoms with Gasteiger partial charge in [-0.1, -0.05) is 0 Å². The van der Waals surface area contributed by atoms with Gasteiger partial charge >= 0.3 is 5.69 Å². The number of benzene rings is 1. The maximum absolute atomic E-state index is 10.7. The number of rotatable bonds is 3. The van der Waals surface area contributed by atoms with E-state index in [1.54, 1.807) is 29.8 Å². The molecule has 2 aromatic heterocycles. The van der Waals surface area contributed by atoms with Crippen molar-refractivity contribution in [2.24, 2.45) is 0 Å². The number of fused-ring (bicyclic) bond motifs is 1. The fraction of sp³-hybridized carbons (Fsp3) is 0.0769. The van der Waals surface area contributed by atoms with Crippen LogP contribution in [0.5, 0.6) is 17.2 Å². The van der Waals surface area contributed by atoms with Crippen molar-refractivity contribution < 1.29 is 14.8 Å². The quantitative estimate of drug-likeness (QED) is 0.586. The van der Waals surface area contributed by atoms with Crippen molar-refractivity contribution in [3.63, 3.8) is 0 Å². The molecule has 2 heterocycles. The van der Waals surface area contributed by atoms with Crippen LogP contribution in [0.2, 0.25) is 0 Å². The van der Waals surface area contributed by atoms with Crippen LogP contribution in [0.1, 0.15) is 5.56 Å². The summed E-state index contributed by atoms with van der Waals surface area (Å²) in [6.45, 7) is 1.66. The van der Waals surface area contributed by atoms with Crippen molar-refractivity contribution in [3.05, 3.63) is 52.5 Å². The number of hydrogen-bond donors (Lipinski definition) is 1. The van der Waals surface area contributed by atoms with Crippen LogP contribution < -0.4 is 4.74 Å². The van der Waals surface area contributed by atoms with Gasteiger partial charge in [-0.2, -0.15) is 5.10 Å². The molecule has 0 unspecified atom stereocenters. The predicted octanol–water partition coefficient (Wildman–Crippen LogP) is 2.44. The smallest absolute Gasteiger partial charge is 0.311 e. The molecule has 8 heteroatoms. The largest absolute Gasteiger partial charge is 0.502 e. The summed E-state index contributed by atoms with van der Waals surface area (Å²) in [5.74, 6) is 0.387. The van der Waals surface area contributed by atoms with Crippen LogP contribution in [0.4, 0.5) is 5.69 Å². The Morgan fingerprint density at radius 1 is 1.38 bits per heavy atom. The Kier molecular flexibility index (Phi) is 2.90. The molecule has 3 rings (SSSR count). The number of nitrogens with zero attached hydrogens (tertiary/aromatic N) is 4. The molecule has 0 aliphatic heterocycles. The predicted molar refractivity (Wildman–Crippen MR) is 72.6 cm³/mol. The summed E-state index contributed by atoms with van der Waals surface area (Å²) in [6, 6.07) is 5.84. The molecule has 0 saturated heterocycles. The lowest BCUT2D eigenvalue weighted by molar-refractivity contribution is -0.385. The van der Waals surface area contributed by atoms with Gasteiger partial charge in [0.2, 0.25) is 0 Å². The Morgan fingerprint density at radius 3 is 2.95 bits per heavy atom. The molecule has 1 aromatic carbocycles. The minimum Gasteiger partial charge on any atom is -0.502 e. The lowest BCUT2D eigenvalue weighted by Gasteiger charge is -2.09. The second-order valence-corrected chi connectivity index (χ2v) is 4.39. The number of aryl methyl sites for hydroxylation is 1. The number of nitro benzene ring substituents is 1. The van der Waals surface area contributed by atoms with Crippen LogP contribution in [0.15, 0.2) is 36.8 Å². The van der Waals surface area contributed by atoms with Gasteiger partial charge in [0.15, 0.2) is 11.4 Å². The van der Waals surface area contributed by atoms with Gasteiger partial charge < -0.3 is 9.84 Å². The topological polar surface area (TPSA) is 103 Å². The molecule has 0 atom stereocenters. The molecule has 1 N–H and O–H groups in total. The summed E-state index contributed by atoms with van der Waals surface area (Å²) in [4.78, 5) is 14.1. The molecular formula is C13H10N4O4. The third-order valence-electron chi connectivity index (χ3n) is 2.95. The first kappa shape index (κ1) is 12.9. The van der Waals surface area contributed by atoms with Crippen molar-refractivity contribution in [2.75, 3.05) is 0 Å². The van der Waals surface area contributed by atoms with E-state index in [1.807, 2.05) is 0 Å². The van der Waals surface area contributed by atoms with Gasteiger partial charge in [0, 0.05) is 24.4 Å². The molecule has 0 aliphatic carbocycles. The number of aromatic hydroxyl groups is 1. The third-order valence-corrected chi connectivity index (χ3v) is 2.95. The van der Waals surface area contributed by atoms with E-state index in [-0.39, 0.29) is 5.69 Å². The highest BCUT2D eigenvalue weighted by atomic mass is 16.6. The van der Waals surface area contributed by atoms with E-state index in [0.29, 0.717) is 22.7 Å². The second kappa shape index (κ2) is 4.75.